The molecule has 10 nitrogen and oxygen atoms in total. The first-order chi connectivity index (χ1) is 11.9. The van der Waals surface area contributed by atoms with Crippen LogP contribution in [0.15, 0.2) is 0 Å². The van der Waals surface area contributed by atoms with Gasteiger partial charge >= 0.3 is 30.0 Å². The Labute approximate surface area is 146 Å². The quantitative estimate of drug-likeness (QED) is 0.593. The standard InChI is InChI=1S/C15H24N4O6/c1-6-8-10(12(21)24-7-2)16-9(3)11(20)25-15-18-13(22-4)17-14(19-15)23-5/h9-10,16H,6-8H2,1-5H3/t9-,10-/m0/s1. The highest BCUT2D eigenvalue weighted by atomic mass is 16.6. The summed E-state index contributed by atoms with van der Waals surface area (Å²) in [6.45, 7) is 5.49. The molecule has 0 aliphatic heterocycles. The van der Waals surface area contributed by atoms with Gasteiger partial charge in [-0.2, -0.15) is 0 Å². The molecular formula is C15H24N4O6. The number of rotatable bonds is 10. The SMILES string of the molecule is CCC[C@H](N[C@@H](C)C(=O)Oc1nc(OC)nc(OC)n1)C(=O)OCC. The van der Waals surface area contributed by atoms with Gasteiger partial charge in [-0.3, -0.25) is 10.1 Å². The molecule has 0 amide bonds. The van der Waals surface area contributed by atoms with Gasteiger partial charge in [0.1, 0.15) is 12.1 Å². The van der Waals surface area contributed by atoms with E-state index in [4.69, 9.17) is 18.9 Å². The summed E-state index contributed by atoms with van der Waals surface area (Å²) in [5, 5.41) is 2.90. The molecule has 0 spiro atoms. The van der Waals surface area contributed by atoms with Crippen molar-refractivity contribution in [3.8, 4) is 18.0 Å². The van der Waals surface area contributed by atoms with Crippen molar-refractivity contribution in [2.75, 3.05) is 20.8 Å². The zero-order valence-electron chi connectivity index (χ0n) is 15.1. The molecule has 0 bridgehead atoms. The second kappa shape index (κ2) is 10.4. The second-order valence-corrected chi connectivity index (χ2v) is 4.99. The van der Waals surface area contributed by atoms with Gasteiger partial charge in [0.25, 0.3) is 0 Å². The van der Waals surface area contributed by atoms with Gasteiger partial charge in [-0.15, -0.1) is 15.0 Å². The number of methoxy groups -OCH3 is 2. The average molecular weight is 356 g/mol. The van der Waals surface area contributed by atoms with Gasteiger partial charge in [0.2, 0.25) is 0 Å². The van der Waals surface area contributed by atoms with Crippen LogP contribution >= 0.6 is 0 Å². The maximum atomic E-state index is 12.2. The lowest BCUT2D eigenvalue weighted by atomic mass is 10.1. The minimum atomic E-state index is -0.783. The molecule has 0 unspecified atom stereocenters. The van der Waals surface area contributed by atoms with E-state index in [-0.39, 0.29) is 24.6 Å². The Hall–Kier alpha value is -2.49. The fourth-order valence-corrected chi connectivity index (χ4v) is 1.90. The van der Waals surface area contributed by atoms with E-state index in [1.807, 2.05) is 6.92 Å². The molecule has 1 rings (SSSR count). The Bertz CT molecular complexity index is 561. The van der Waals surface area contributed by atoms with Crippen LogP contribution in [0.5, 0.6) is 18.0 Å². The molecule has 0 fully saturated rings. The number of esters is 2. The molecule has 0 radical (unpaired) electrons. The molecule has 0 aliphatic carbocycles. The van der Waals surface area contributed by atoms with E-state index in [9.17, 15) is 9.59 Å². The van der Waals surface area contributed by atoms with Crippen LogP contribution < -0.4 is 19.5 Å². The van der Waals surface area contributed by atoms with E-state index in [1.165, 1.54) is 14.2 Å². The molecule has 2 atom stereocenters. The van der Waals surface area contributed by atoms with Gasteiger partial charge in [0.05, 0.1) is 20.8 Å². The Morgan fingerprint density at radius 1 is 1.00 bits per heavy atom. The summed E-state index contributed by atoms with van der Waals surface area (Å²) in [7, 11) is 2.72. The van der Waals surface area contributed by atoms with Gasteiger partial charge in [-0.25, -0.2) is 4.79 Å². The molecule has 0 aliphatic rings. The fraction of sp³-hybridized carbons (Fsp3) is 0.667. The summed E-state index contributed by atoms with van der Waals surface area (Å²) in [5.74, 6) is -1.08. The summed E-state index contributed by atoms with van der Waals surface area (Å²) >= 11 is 0. The number of hydrogen-bond acceptors (Lipinski definition) is 10. The molecule has 0 aromatic carbocycles. The van der Waals surface area contributed by atoms with E-state index in [1.54, 1.807) is 13.8 Å². The molecule has 0 saturated heterocycles. The third-order valence-electron chi connectivity index (χ3n) is 3.08. The van der Waals surface area contributed by atoms with Crippen molar-refractivity contribution in [1.29, 1.82) is 0 Å². The number of ether oxygens (including phenoxy) is 4. The summed E-state index contributed by atoms with van der Waals surface area (Å²) in [6.07, 6.45) is 1.28. The van der Waals surface area contributed by atoms with Gasteiger partial charge in [0.15, 0.2) is 0 Å². The van der Waals surface area contributed by atoms with Crippen LogP contribution in [0.25, 0.3) is 0 Å². The maximum absolute atomic E-state index is 12.2. The summed E-state index contributed by atoms with van der Waals surface area (Å²) < 4.78 is 19.9. The zero-order valence-corrected chi connectivity index (χ0v) is 15.1. The topological polar surface area (TPSA) is 122 Å². The van der Waals surface area contributed by atoms with Crippen molar-refractivity contribution in [2.45, 2.75) is 45.7 Å². The van der Waals surface area contributed by atoms with Crippen LogP contribution in [-0.4, -0.2) is 59.8 Å². The predicted octanol–water partition coefficient (Wildman–Crippen LogP) is 0.504. The van der Waals surface area contributed by atoms with Crippen molar-refractivity contribution < 1.29 is 28.5 Å². The molecular weight excluding hydrogens is 332 g/mol. The first-order valence-electron chi connectivity index (χ1n) is 7.93. The van der Waals surface area contributed by atoms with Crippen molar-refractivity contribution in [3.05, 3.63) is 0 Å². The summed E-state index contributed by atoms with van der Waals surface area (Å²) in [6, 6.07) is -1.74. The van der Waals surface area contributed by atoms with Crippen molar-refractivity contribution >= 4 is 11.9 Å². The van der Waals surface area contributed by atoms with E-state index >= 15 is 0 Å². The Balaban J connectivity index is 2.76. The molecule has 10 heteroatoms. The van der Waals surface area contributed by atoms with E-state index < -0.39 is 24.0 Å². The van der Waals surface area contributed by atoms with Crippen LogP contribution in [-0.2, 0) is 14.3 Å². The lowest BCUT2D eigenvalue weighted by Crippen LogP contribution is -2.47. The van der Waals surface area contributed by atoms with Gasteiger partial charge in [0, 0.05) is 0 Å². The first-order valence-corrected chi connectivity index (χ1v) is 7.93. The minimum Gasteiger partial charge on any atom is -0.467 e. The van der Waals surface area contributed by atoms with Gasteiger partial charge in [-0.1, -0.05) is 13.3 Å². The monoisotopic (exact) mass is 356 g/mol. The highest BCUT2D eigenvalue weighted by molar-refractivity contribution is 5.80. The van der Waals surface area contributed by atoms with Crippen LogP contribution in [0.1, 0.15) is 33.6 Å². The molecule has 140 valence electrons. The number of carbonyl (C=O) groups is 2. The second-order valence-electron chi connectivity index (χ2n) is 4.99. The van der Waals surface area contributed by atoms with E-state index in [2.05, 4.69) is 20.3 Å². The van der Waals surface area contributed by atoms with Crippen LogP contribution in [0, 0.1) is 0 Å². The summed E-state index contributed by atoms with van der Waals surface area (Å²) in [4.78, 5) is 35.6. The average Bonchev–Trinajstić information content (AvgIpc) is 2.60. The Kier molecular flexibility index (Phi) is 8.54. The third-order valence-corrected chi connectivity index (χ3v) is 3.08. The third kappa shape index (κ3) is 6.49. The van der Waals surface area contributed by atoms with Crippen LogP contribution in [0.3, 0.4) is 0 Å². The molecule has 0 saturated carbocycles. The molecule has 25 heavy (non-hydrogen) atoms. The Morgan fingerprint density at radius 3 is 2.04 bits per heavy atom. The fourth-order valence-electron chi connectivity index (χ4n) is 1.90. The van der Waals surface area contributed by atoms with Crippen molar-refractivity contribution in [2.24, 2.45) is 0 Å². The van der Waals surface area contributed by atoms with Crippen LogP contribution in [0.4, 0.5) is 0 Å². The number of carbonyl (C=O) groups excluding carboxylic acids is 2. The lowest BCUT2D eigenvalue weighted by Gasteiger charge is -2.20. The summed E-state index contributed by atoms with van der Waals surface area (Å²) in [5.41, 5.74) is 0. The van der Waals surface area contributed by atoms with Crippen LogP contribution in [0.2, 0.25) is 0 Å². The minimum absolute atomic E-state index is 0.0503. The molecule has 1 aromatic heterocycles. The van der Waals surface area contributed by atoms with Gasteiger partial charge < -0.3 is 18.9 Å². The highest BCUT2D eigenvalue weighted by Gasteiger charge is 2.26. The van der Waals surface area contributed by atoms with Gasteiger partial charge in [-0.05, 0) is 20.3 Å². The molecule has 1 heterocycles. The predicted molar refractivity (Wildman–Crippen MR) is 86.5 cm³/mol. The number of aromatic nitrogens is 3. The number of hydrogen-bond donors (Lipinski definition) is 1. The van der Waals surface area contributed by atoms with Crippen molar-refractivity contribution in [1.82, 2.24) is 20.3 Å². The molecule has 1 aromatic rings. The van der Waals surface area contributed by atoms with Crippen molar-refractivity contribution in [3.63, 3.8) is 0 Å². The largest absolute Gasteiger partial charge is 0.467 e. The normalized spacial score (nSPS) is 12.8. The Morgan fingerprint density at radius 2 is 1.56 bits per heavy atom. The number of nitrogens with one attached hydrogen (secondary N) is 1. The zero-order chi connectivity index (χ0) is 18.8. The van der Waals surface area contributed by atoms with E-state index in [0.717, 1.165) is 6.42 Å². The smallest absolute Gasteiger partial charge is 0.333 e. The number of nitrogens with zero attached hydrogens (tertiary/aromatic N) is 3. The van der Waals surface area contributed by atoms with E-state index in [0.29, 0.717) is 6.42 Å². The highest BCUT2D eigenvalue weighted by Crippen LogP contribution is 2.14. The maximum Gasteiger partial charge on any atom is 0.333 e. The lowest BCUT2D eigenvalue weighted by molar-refractivity contribution is -0.146. The molecule has 1 N–H and O–H groups in total. The first kappa shape index (κ1) is 20.6.